The lowest BCUT2D eigenvalue weighted by Gasteiger charge is -2.12. The summed E-state index contributed by atoms with van der Waals surface area (Å²) in [6, 6.07) is 0. The molecule has 2 N–H and O–H groups in total. The van der Waals surface area contributed by atoms with E-state index in [4.69, 9.17) is 4.74 Å². The molecule has 0 spiro atoms. The van der Waals surface area contributed by atoms with Gasteiger partial charge in [-0.2, -0.15) is 4.98 Å². The minimum atomic E-state index is -0.511. The number of nitro groups is 1. The second-order valence-corrected chi connectivity index (χ2v) is 4.04. The third kappa shape index (κ3) is 4.66. The van der Waals surface area contributed by atoms with E-state index in [1.54, 1.807) is 7.11 Å². The van der Waals surface area contributed by atoms with Crippen LogP contribution in [0.2, 0.25) is 0 Å². The molecule has 1 unspecified atom stereocenters. The van der Waals surface area contributed by atoms with Gasteiger partial charge in [0.05, 0.1) is 11.0 Å². The molecule has 0 amide bonds. The summed E-state index contributed by atoms with van der Waals surface area (Å²) in [6.07, 6.45) is 2.05. The predicted molar refractivity (Wildman–Crippen MR) is 72.4 cm³/mol. The van der Waals surface area contributed by atoms with Crippen molar-refractivity contribution < 1.29 is 9.66 Å². The Morgan fingerprint density at radius 3 is 2.84 bits per heavy atom. The molecule has 19 heavy (non-hydrogen) atoms. The van der Waals surface area contributed by atoms with Crippen LogP contribution in [0.4, 0.5) is 17.5 Å². The predicted octanol–water partition coefficient (Wildman–Crippen LogP) is 1.65. The molecule has 1 rings (SSSR count). The Hall–Kier alpha value is -1.96. The van der Waals surface area contributed by atoms with Gasteiger partial charge in [-0.05, 0) is 13.3 Å². The smallest absolute Gasteiger partial charge is 0.329 e. The Morgan fingerprint density at radius 2 is 2.26 bits per heavy atom. The van der Waals surface area contributed by atoms with Crippen molar-refractivity contribution in [1.29, 1.82) is 0 Å². The van der Waals surface area contributed by atoms with Crippen LogP contribution in [-0.4, -0.2) is 41.2 Å². The van der Waals surface area contributed by atoms with Gasteiger partial charge in [-0.15, -0.1) is 0 Å². The number of aromatic nitrogens is 2. The maximum absolute atomic E-state index is 10.9. The molecule has 1 atom stereocenters. The zero-order valence-corrected chi connectivity index (χ0v) is 11.3. The van der Waals surface area contributed by atoms with E-state index in [-0.39, 0.29) is 17.6 Å². The van der Waals surface area contributed by atoms with Gasteiger partial charge in [-0.25, -0.2) is 4.98 Å². The number of nitrogens with one attached hydrogen (secondary N) is 2. The summed E-state index contributed by atoms with van der Waals surface area (Å²) in [4.78, 5) is 18.4. The number of nitrogens with zero attached hydrogens (tertiary/aromatic N) is 3. The Bertz CT molecular complexity index is 427. The minimum absolute atomic E-state index is 0.0679. The van der Waals surface area contributed by atoms with Crippen LogP contribution in [0.25, 0.3) is 0 Å². The van der Waals surface area contributed by atoms with Crippen molar-refractivity contribution in [2.75, 3.05) is 30.8 Å². The molecule has 0 saturated heterocycles. The van der Waals surface area contributed by atoms with Crippen molar-refractivity contribution in [3.05, 3.63) is 16.3 Å². The Labute approximate surface area is 111 Å². The van der Waals surface area contributed by atoms with Gasteiger partial charge in [0.25, 0.3) is 0 Å². The summed E-state index contributed by atoms with van der Waals surface area (Å²) in [5, 5.41) is 16.8. The monoisotopic (exact) mass is 269 g/mol. The number of methoxy groups -OCH3 is 1. The molecule has 0 aromatic carbocycles. The first-order valence-electron chi connectivity index (χ1n) is 6.10. The van der Waals surface area contributed by atoms with Crippen molar-refractivity contribution in [1.82, 2.24) is 9.97 Å². The van der Waals surface area contributed by atoms with Crippen LogP contribution in [0.15, 0.2) is 6.20 Å². The van der Waals surface area contributed by atoms with Crippen LogP contribution >= 0.6 is 0 Å². The van der Waals surface area contributed by atoms with E-state index in [0.717, 1.165) is 6.42 Å². The largest absolute Gasteiger partial charge is 0.380 e. The maximum atomic E-state index is 10.9. The number of anilines is 2. The first kappa shape index (κ1) is 15.1. The van der Waals surface area contributed by atoms with Crippen molar-refractivity contribution in [3.8, 4) is 0 Å². The highest BCUT2D eigenvalue weighted by atomic mass is 16.6. The van der Waals surface area contributed by atoms with Gasteiger partial charge in [0.15, 0.2) is 0 Å². The average molecular weight is 269 g/mol. The van der Waals surface area contributed by atoms with Gasteiger partial charge >= 0.3 is 5.69 Å². The zero-order valence-electron chi connectivity index (χ0n) is 11.3. The van der Waals surface area contributed by atoms with E-state index >= 15 is 0 Å². The highest BCUT2D eigenvalue weighted by Gasteiger charge is 2.17. The summed E-state index contributed by atoms with van der Waals surface area (Å²) in [5.41, 5.74) is -0.148. The van der Waals surface area contributed by atoms with Gasteiger partial charge in [0.2, 0.25) is 11.8 Å². The highest BCUT2D eigenvalue weighted by molar-refractivity contribution is 5.56. The van der Waals surface area contributed by atoms with E-state index in [9.17, 15) is 10.1 Å². The number of hydrogen-bond acceptors (Lipinski definition) is 7. The van der Waals surface area contributed by atoms with Gasteiger partial charge < -0.3 is 15.4 Å². The molecule has 0 aliphatic rings. The summed E-state index contributed by atoms with van der Waals surface area (Å²) >= 11 is 0. The third-order valence-corrected chi connectivity index (χ3v) is 2.46. The molecule has 8 heteroatoms. The van der Waals surface area contributed by atoms with Crippen LogP contribution in [0.1, 0.15) is 20.3 Å². The Balaban J connectivity index is 2.85. The number of rotatable bonds is 8. The van der Waals surface area contributed by atoms with Gasteiger partial charge in [0, 0.05) is 20.2 Å². The zero-order chi connectivity index (χ0) is 14.3. The second-order valence-electron chi connectivity index (χ2n) is 4.04. The second kappa shape index (κ2) is 7.47. The molecule has 106 valence electrons. The molecule has 0 aliphatic carbocycles. The van der Waals surface area contributed by atoms with Gasteiger partial charge in [0.1, 0.15) is 6.20 Å². The third-order valence-electron chi connectivity index (χ3n) is 2.46. The van der Waals surface area contributed by atoms with Crippen molar-refractivity contribution in [2.24, 2.45) is 0 Å². The van der Waals surface area contributed by atoms with Crippen LogP contribution in [0.5, 0.6) is 0 Å². The molecule has 0 radical (unpaired) electrons. The van der Waals surface area contributed by atoms with Crippen molar-refractivity contribution in [3.63, 3.8) is 0 Å². The van der Waals surface area contributed by atoms with Crippen LogP contribution in [0.3, 0.4) is 0 Å². The topological polar surface area (TPSA) is 102 Å². The summed E-state index contributed by atoms with van der Waals surface area (Å²) in [7, 11) is 1.58. The van der Waals surface area contributed by atoms with Gasteiger partial charge in [-0.3, -0.25) is 10.1 Å². The molecule has 0 fully saturated rings. The molecule has 8 nitrogen and oxygen atoms in total. The van der Waals surface area contributed by atoms with Crippen LogP contribution in [0, 0.1) is 10.1 Å². The standard InChI is InChI=1S/C11H19N5O3/c1-4-5-12-11-14-7-9(16(17)18)10(15-11)13-6-8(2)19-3/h7-8H,4-6H2,1-3H3,(H2,12,13,14,15). The van der Waals surface area contributed by atoms with Crippen molar-refractivity contribution in [2.45, 2.75) is 26.4 Å². The fourth-order valence-electron chi connectivity index (χ4n) is 1.28. The lowest BCUT2D eigenvalue weighted by atomic mass is 10.4. The lowest BCUT2D eigenvalue weighted by molar-refractivity contribution is -0.384. The molecule has 1 heterocycles. The molecule has 0 bridgehead atoms. The van der Waals surface area contributed by atoms with E-state index in [2.05, 4.69) is 20.6 Å². The average Bonchev–Trinajstić information content (AvgIpc) is 2.42. The highest BCUT2D eigenvalue weighted by Crippen LogP contribution is 2.21. The Kier molecular flexibility index (Phi) is 5.94. The van der Waals surface area contributed by atoms with Gasteiger partial charge in [-0.1, -0.05) is 6.92 Å². The number of hydrogen-bond donors (Lipinski definition) is 2. The summed E-state index contributed by atoms with van der Waals surface area (Å²) in [6.45, 7) is 5.02. The maximum Gasteiger partial charge on any atom is 0.329 e. The summed E-state index contributed by atoms with van der Waals surface area (Å²) < 4.78 is 5.08. The van der Waals surface area contributed by atoms with Crippen LogP contribution in [-0.2, 0) is 4.74 Å². The first-order chi connectivity index (χ1) is 9.08. The molecular weight excluding hydrogens is 250 g/mol. The molecule has 1 aromatic heterocycles. The van der Waals surface area contributed by atoms with E-state index in [0.29, 0.717) is 19.0 Å². The Morgan fingerprint density at radius 1 is 1.53 bits per heavy atom. The molecule has 0 aliphatic heterocycles. The molecular formula is C11H19N5O3. The van der Waals surface area contributed by atoms with E-state index in [1.807, 2.05) is 13.8 Å². The quantitative estimate of drug-likeness (QED) is 0.546. The fraction of sp³-hybridized carbons (Fsp3) is 0.636. The van der Waals surface area contributed by atoms with E-state index in [1.165, 1.54) is 6.20 Å². The first-order valence-corrected chi connectivity index (χ1v) is 6.10. The number of ether oxygens (including phenoxy) is 1. The van der Waals surface area contributed by atoms with Crippen molar-refractivity contribution >= 4 is 17.5 Å². The lowest BCUT2D eigenvalue weighted by Crippen LogP contribution is -2.20. The summed E-state index contributed by atoms with van der Waals surface area (Å²) in [5.74, 6) is 0.572. The van der Waals surface area contributed by atoms with E-state index < -0.39 is 4.92 Å². The SMILES string of the molecule is CCCNc1ncc([N+](=O)[O-])c(NCC(C)OC)n1. The molecule has 0 saturated carbocycles. The minimum Gasteiger partial charge on any atom is -0.380 e. The molecule has 1 aromatic rings. The normalized spacial score (nSPS) is 11.9. The fourth-order valence-corrected chi connectivity index (χ4v) is 1.28. The van der Waals surface area contributed by atoms with Crippen LogP contribution < -0.4 is 10.6 Å².